The Morgan fingerprint density at radius 1 is 0.839 bits per heavy atom. The molecule has 1 rings (SSSR count). The van der Waals surface area contributed by atoms with Gasteiger partial charge in [-0.25, -0.2) is 9.59 Å². The van der Waals surface area contributed by atoms with Crippen molar-refractivity contribution in [3.63, 3.8) is 0 Å². The molecule has 2 atom stereocenters. The predicted octanol–water partition coefficient (Wildman–Crippen LogP) is 2.42. The van der Waals surface area contributed by atoms with Crippen molar-refractivity contribution >= 4 is 23.9 Å². The van der Waals surface area contributed by atoms with Crippen molar-refractivity contribution in [2.75, 3.05) is 26.4 Å². The SMILES string of the molecule is C=CC(=O)OCCCCC(=O)OCC1CC(OC(=O)CCCCOC(=O)C=C)CCO1. The maximum absolute atomic E-state index is 12.0. The Balaban J connectivity index is 2.12. The van der Waals surface area contributed by atoms with E-state index in [0.717, 1.165) is 12.2 Å². The van der Waals surface area contributed by atoms with Crippen molar-refractivity contribution in [1.29, 1.82) is 0 Å². The van der Waals surface area contributed by atoms with Crippen LogP contribution in [0.1, 0.15) is 51.4 Å². The summed E-state index contributed by atoms with van der Waals surface area (Å²) in [5, 5.41) is 0. The molecule has 0 N–H and O–H groups in total. The number of esters is 4. The first kappa shape index (κ1) is 26.4. The van der Waals surface area contributed by atoms with E-state index in [0.29, 0.717) is 45.1 Å². The lowest BCUT2D eigenvalue weighted by molar-refractivity contribution is -0.163. The first-order valence-electron chi connectivity index (χ1n) is 10.5. The number of rotatable bonds is 15. The minimum absolute atomic E-state index is 0.104. The fourth-order valence-electron chi connectivity index (χ4n) is 2.78. The smallest absolute Gasteiger partial charge is 0.330 e. The Hall–Kier alpha value is -2.68. The second-order valence-electron chi connectivity index (χ2n) is 6.97. The van der Waals surface area contributed by atoms with E-state index in [-0.39, 0.29) is 56.8 Å². The molecule has 0 aromatic rings. The van der Waals surface area contributed by atoms with Gasteiger partial charge in [0.1, 0.15) is 12.7 Å². The number of ether oxygens (including phenoxy) is 5. The molecule has 1 aliphatic heterocycles. The highest BCUT2D eigenvalue weighted by atomic mass is 16.6. The molecular formula is C22H32O9. The van der Waals surface area contributed by atoms with Crippen molar-refractivity contribution in [3.05, 3.63) is 25.3 Å². The average molecular weight is 440 g/mol. The first-order chi connectivity index (χ1) is 14.9. The topological polar surface area (TPSA) is 114 Å². The summed E-state index contributed by atoms with van der Waals surface area (Å²) in [6.07, 6.45) is 5.34. The molecule has 0 aromatic heterocycles. The summed E-state index contributed by atoms with van der Waals surface area (Å²) >= 11 is 0. The van der Waals surface area contributed by atoms with Gasteiger partial charge in [0, 0.05) is 37.8 Å². The van der Waals surface area contributed by atoms with Crippen molar-refractivity contribution < 1.29 is 42.9 Å². The molecule has 2 unspecified atom stereocenters. The lowest BCUT2D eigenvalue weighted by Crippen LogP contribution is -2.35. The highest BCUT2D eigenvalue weighted by Crippen LogP contribution is 2.18. The second kappa shape index (κ2) is 16.1. The minimum atomic E-state index is -0.485. The Morgan fingerprint density at radius 3 is 2.00 bits per heavy atom. The zero-order valence-corrected chi connectivity index (χ0v) is 17.9. The van der Waals surface area contributed by atoms with Gasteiger partial charge in [-0.05, 0) is 25.7 Å². The zero-order chi connectivity index (χ0) is 22.9. The molecule has 0 saturated carbocycles. The van der Waals surface area contributed by atoms with Crippen LogP contribution in [-0.4, -0.2) is 62.5 Å². The van der Waals surface area contributed by atoms with Crippen LogP contribution >= 0.6 is 0 Å². The molecule has 0 radical (unpaired) electrons. The largest absolute Gasteiger partial charge is 0.463 e. The molecule has 1 saturated heterocycles. The van der Waals surface area contributed by atoms with E-state index in [2.05, 4.69) is 13.2 Å². The highest BCUT2D eigenvalue weighted by molar-refractivity contribution is 5.81. The lowest BCUT2D eigenvalue weighted by Gasteiger charge is -2.29. The molecule has 174 valence electrons. The minimum Gasteiger partial charge on any atom is -0.463 e. The van der Waals surface area contributed by atoms with Gasteiger partial charge < -0.3 is 23.7 Å². The van der Waals surface area contributed by atoms with Crippen molar-refractivity contribution in [3.8, 4) is 0 Å². The zero-order valence-electron chi connectivity index (χ0n) is 17.9. The van der Waals surface area contributed by atoms with Crippen LogP contribution in [0.15, 0.2) is 25.3 Å². The van der Waals surface area contributed by atoms with Gasteiger partial charge in [-0.3, -0.25) is 9.59 Å². The van der Waals surface area contributed by atoms with Gasteiger partial charge >= 0.3 is 23.9 Å². The molecule has 1 aliphatic rings. The lowest BCUT2D eigenvalue weighted by atomic mass is 10.1. The van der Waals surface area contributed by atoms with Crippen LogP contribution in [-0.2, 0) is 42.9 Å². The van der Waals surface area contributed by atoms with Crippen molar-refractivity contribution in [2.24, 2.45) is 0 Å². The van der Waals surface area contributed by atoms with E-state index in [1.807, 2.05) is 0 Å². The third-order valence-electron chi connectivity index (χ3n) is 4.42. The molecular weight excluding hydrogens is 408 g/mol. The Bertz CT molecular complexity index is 614. The summed E-state index contributed by atoms with van der Waals surface area (Å²) in [6, 6.07) is 0. The van der Waals surface area contributed by atoms with Crippen LogP contribution in [0.3, 0.4) is 0 Å². The monoisotopic (exact) mass is 440 g/mol. The maximum atomic E-state index is 12.0. The fraction of sp³-hybridized carbons (Fsp3) is 0.636. The van der Waals surface area contributed by atoms with Crippen molar-refractivity contribution in [2.45, 2.75) is 63.6 Å². The number of carbonyl (C=O) groups excluding carboxylic acids is 4. The van der Waals surface area contributed by atoms with Gasteiger partial charge in [-0.2, -0.15) is 0 Å². The van der Waals surface area contributed by atoms with E-state index in [4.69, 9.17) is 23.7 Å². The van der Waals surface area contributed by atoms with Gasteiger partial charge in [-0.15, -0.1) is 0 Å². The summed E-state index contributed by atoms with van der Waals surface area (Å²) in [4.78, 5) is 45.6. The van der Waals surface area contributed by atoms with E-state index >= 15 is 0 Å². The number of unbranched alkanes of at least 4 members (excludes halogenated alkanes) is 2. The molecule has 9 nitrogen and oxygen atoms in total. The van der Waals surface area contributed by atoms with E-state index in [1.54, 1.807) is 0 Å². The molecule has 1 fully saturated rings. The molecule has 0 aromatic carbocycles. The van der Waals surface area contributed by atoms with Gasteiger partial charge in [0.25, 0.3) is 0 Å². The molecule has 0 bridgehead atoms. The van der Waals surface area contributed by atoms with E-state index in [1.165, 1.54) is 0 Å². The molecule has 0 amide bonds. The van der Waals surface area contributed by atoms with Crippen LogP contribution in [0.25, 0.3) is 0 Å². The van der Waals surface area contributed by atoms with Crippen LogP contribution in [0.2, 0.25) is 0 Å². The van der Waals surface area contributed by atoms with Crippen molar-refractivity contribution in [1.82, 2.24) is 0 Å². The first-order valence-corrected chi connectivity index (χ1v) is 10.5. The molecule has 1 heterocycles. The van der Waals surface area contributed by atoms with E-state index in [9.17, 15) is 19.2 Å². The normalized spacial score (nSPS) is 17.8. The third-order valence-corrected chi connectivity index (χ3v) is 4.42. The summed E-state index contributed by atoms with van der Waals surface area (Å²) in [6.45, 7) is 7.60. The summed E-state index contributed by atoms with van der Waals surface area (Å²) in [5.74, 6) is -1.63. The van der Waals surface area contributed by atoms with Gasteiger partial charge in [0.2, 0.25) is 0 Å². The Kier molecular flexibility index (Phi) is 13.7. The van der Waals surface area contributed by atoms with Crippen LogP contribution in [0.5, 0.6) is 0 Å². The highest BCUT2D eigenvalue weighted by Gasteiger charge is 2.26. The number of hydrogen-bond acceptors (Lipinski definition) is 9. The van der Waals surface area contributed by atoms with E-state index < -0.39 is 11.9 Å². The molecule has 9 heteroatoms. The standard InChI is InChI=1S/C22H32O9/c1-3-19(23)28-12-7-5-9-21(25)30-16-18-15-17(11-14-27-18)31-22(26)10-6-8-13-29-20(24)4-2/h3-4,17-18H,1-2,5-16H2. The molecule has 0 spiro atoms. The third kappa shape index (κ3) is 13.3. The summed E-state index contributed by atoms with van der Waals surface area (Å²) < 4.78 is 25.9. The van der Waals surface area contributed by atoms with Gasteiger partial charge in [-0.1, -0.05) is 13.2 Å². The predicted molar refractivity (Wildman–Crippen MR) is 110 cm³/mol. The quantitative estimate of drug-likeness (QED) is 0.164. The van der Waals surface area contributed by atoms with Gasteiger partial charge in [0.15, 0.2) is 0 Å². The van der Waals surface area contributed by atoms with Crippen LogP contribution < -0.4 is 0 Å². The van der Waals surface area contributed by atoms with Gasteiger partial charge in [0.05, 0.1) is 25.9 Å². The summed E-state index contributed by atoms with van der Waals surface area (Å²) in [7, 11) is 0. The maximum Gasteiger partial charge on any atom is 0.330 e. The number of carbonyl (C=O) groups is 4. The molecule has 0 aliphatic carbocycles. The van der Waals surface area contributed by atoms with Crippen LogP contribution in [0.4, 0.5) is 0 Å². The molecule has 31 heavy (non-hydrogen) atoms. The second-order valence-corrected chi connectivity index (χ2v) is 6.97. The summed E-state index contributed by atoms with van der Waals surface area (Å²) in [5.41, 5.74) is 0. The van der Waals surface area contributed by atoms with Crippen LogP contribution in [0, 0.1) is 0 Å². The average Bonchev–Trinajstić information content (AvgIpc) is 2.77. The fourth-order valence-corrected chi connectivity index (χ4v) is 2.78. The number of hydrogen-bond donors (Lipinski definition) is 0. The Morgan fingerprint density at radius 2 is 1.42 bits per heavy atom. The Labute approximate surface area is 182 Å².